The SMILES string of the molecule is CCCCCC[C@@H]1N[C@H]1Cc1ccccc1. The molecule has 0 amide bonds. The van der Waals surface area contributed by atoms with Crippen LogP contribution in [0.5, 0.6) is 0 Å². The molecule has 1 heteroatoms. The van der Waals surface area contributed by atoms with Crippen molar-refractivity contribution in [3.8, 4) is 0 Å². The summed E-state index contributed by atoms with van der Waals surface area (Å²) in [5.41, 5.74) is 1.47. The molecule has 0 saturated carbocycles. The van der Waals surface area contributed by atoms with Crippen LogP contribution in [0.25, 0.3) is 0 Å². The van der Waals surface area contributed by atoms with E-state index in [0.717, 1.165) is 12.1 Å². The molecule has 0 spiro atoms. The van der Waals surface area contributed by atoms with Gasteiger partial charge in [-0.15, -0.1) is 0 Å². The molecule has 1 saturated heterocycles. The van der Waals surface area contributed by atoms with Crippen LogP contribution < -0.4 is 5.32 Å². The van der Waals surface area contributed by atoms with Crippen molar-refractivity contribution in [3.05, 3.63) is 35.9 Å². The van der Waals surface area contributed by atoms with E-state index in [9.17, 15) is 0 Å². The van der Waals surface area contributed by atoms with Gasteiger partial charge in [0.2, 0.25) is 0 Å². The molecule has 0 unspecified atom stereocenters. The van der Waals surface area contributed by atoms with Crippen molar-refractivity contribution in [2.75, 3.05) is 0 Å². The molecule has 0 bridgehead atoms. The van der Waals surface area contributed by atoms with Crippen molar-refractivity contribution in [2.45, 2.75) is 57.5 Å². The average Bonchev–Trinajstić information content (AvgIpc) is 3.04. The molecule has 16 heavy (non-hydrogen) atoms. The Kier molecular flexibility index (Phi) is 4.41. The summed E-state index contributed by atoms with van der Waals surface area (Å²) in [6.45, 7) is 2.27. The minimum absolute atomic E-state index is 0.754. The minimum Gasteiger partial charge on any atom is -0.308 e. The normalized spacial score (nSPS) is 23.3. The van der Waals surface area contributed by atoms with E-state index in [2.05, 4.69) is 42.6 Å². The Bertz CT molecular complexity index is 294. The van der Waals surface area contributed by atoms with E-state index in [-0.39, 0.29) is 0 Å². The lowest BCUT2D eigenvalue weighted by molar-refractivity contribution is 0.620. The standard InChI is InChI=1S/C15H23N/c1-2-3-4-8-11-14-15(16-14)12-13-9-6-5-7-10-13/h5-7,9-10,14-16H,2-4,8,11-12H2,1H3/t14-,15-/m0/s1. The van der Waals surface area contributed by atoms with Crippen molar-refractivity contribution in [1.29, 1.82) is 0 Å². The third-order valence-electron chi connectivity index (χ3n) is 3.47. The second-order valence-electron chi connectivity index (χ2n) is 4.92. The fourth-order valence-corrected chi connectivity index (χ4v) is 2.36. The quantitative estimate of drug-likeness (QED) is 0.547. The molecule has 1 aliphatic rings. The molecule has 0 aliphatic carbocycles. The maximum Gasteiger partial charge on any atom is 0.0264 e. The van der Waals surface area contributed by atoms with E-state index in [1.807, 2.05) is 0 Å². The highest BCUT2D eigenvalue weighted by Crippen LogP contribution is 2.22. The van der Waals surface area contributed by atoms with Gasteiger partial charge in [0.1, 0.15) is 0 Å². The lowest BCUT2D eigenvalue weighted by Gasteiger charge is -1.99. The Morgan fingerprint density at radius 2 is 1.81 bits per heavy atom. The fraction of sp³-hybridized carbons (Fsp3) is 0.600. The van der Waals surface area contributed by atoms with Gasteiger partial charge in [0.25, 0.3) is 0 Å². The number of rotatable bonds is 7. The molecule has 88 valence electrons. The molecule has 2 rings (SSSR count). The van der Waals surface area contributed by atoms with Gasteiger partial charge in [-0.05, 0) is 18.4 Å². The van der Waals surface area contributed by atoms with Gasteiger partial charge in [-0.25, -0.2) is 0 Å². The van der Waals surface area contributed by atoms with Crippen LogP contribution in [-0.2, 0) is 6.42 Å². The van der Waals surface area contributed by atoms with E-state index in [1.165, 1.54) is 44.1 Å². The molecular formula is C15H23N. The summed E-state index contributed by atoms with van der Waals surface area (Å²) >= 11 is 0. The highest BCUT2D eigenvalue weighted by molar-refractivity contribution is 5.18. The van der Waals surface area contributed by atoms with E-state index in [4.69, 9.17) is 0 Å². The predicted molar refractivity (Wildman–Crippen MR) is 69.6 cm³/mol. The zero-order valence-electron chi connectivity index (χ0n) is 10.3. The van der Waals surface area contributed by atoms with Gasteiger partial charge in [-0.1, -0.05) is 62.9 Å². The summed E-state index contributed by atoms with van der Waals surface area (Å²) in [7, 11) is 0. The Labute approximate surface area is 99.3 Å². The van der Waals surface area contributed by atoms with Gasteiger partial charge in [-0.2, -0.15) is 0 Å². The van der Waals surface area contributed by atoms with Crippen molar-refractivity contribution in [1.82, 2.24) is 5.32 Å². The first-order valence-electron chi connectivity index (χ1n) is 6.70. The molecule has 1 N–H and O–H groups in total. The topological polar surface area (TPSA) is 21.9 Å². The Morgan fingerprint density at radius 3 is 2.56 bits per heavy atom. The molecule has 1 fully saturated rings. The highest BCUT2D eigenvalue weighted by atomic mass is 15.1. The summed E-state index contributed by atoms with van der Waals surface area (Å²) in [4.78, 5) is 0. The van der Waals surface area contributed by atoms with E-state index in [0.29, 0.717) is 0 Å². The molecule has 1 aliphatic heterocycles. The largest absolute Gasteiger partial charge is 0.308 e. The van der Waals surface area contributed by atoms with Gasteiger partial charge in [-0.3, -0.25) is 0 Å². The number of hydrogen-bond donors (Lipinski definition) is 1. The number of benzene rings is 1. The maximum absolute atomic E-state index is 3.59. The van der Waals surface area contributed by atoms with Crippen molar-refractivity contribution >= 4 is 0 Å². The van der Waals surface area contributed by atoms with Crippen LogP contribution in [0.1, 0.15) is 44.6 Å². The lowest BCUT2D eigenvalue weighted by Crippen LogP contribution is -1.98. The lowest BCUT2D eigenvalue weighted by atomic mass is 10.0. The highest BCUT2D eigenvalue weighted by Gasteiger charge is 2.34. The van der Waals surface area contributed by atoms with Crippen LogP contribution in [0.15, 0.2) is 30.3 Å². The van der Waals surface area contributed by atoms with Crippen LogP contribution in [0.3, 0.4) is 0 Å². The van der Waals surface area contributed by atoms with Crippen molar-refractivity contribution in [3.63, 3.8) is 0 Å². The molecule has 0 radical (unpaired) electrons. The van der Waals surface area contributed by atoms with Gasteiger partial charge < -0.3 is 5.32 Å². The van der Waals surface area contributed by atoms with Crippen LogP contribution in [0, 0.1) is 0 Å². The fourth-order valence-electron chi connectivity index (χ4n) is 2.36. The van der Waals surface area contributed by atoms with Crippen LogP contribution >= 0.6 is 0 Å². The molecule has 1 nitrogen and oxygen atoms in total. The van der Waals surface area contributed by atoms with Crippen LogP contribution in [0.2, 0.25) is 0 Å². The van der Waals surface area contributed by atoms with E-state index in [1.54, 1.807) is 0 Å². The summed E-state index contributed by atoms with van der Waals surface area (Å²) in [5, 5.41) is 3.59. The molecule has 2 atom stereocenters. The Morgan fingerprint density at radius 1 is 1.00 bits per heavy atom. The van der Waals surface area contributed by atoms with Crippen molar-refractivity contribution < 1.29 is 0 Å². The summed E-state index contributed by atoms with van der Waals surface area (Å²) in [6, 6.07) is 12.4. The minimum atomic E-state index is 0.754. The number of unbranched alkanes of at least 4 members (excludes halogenated alkanes) is 3. The van der Waals surface area contributed by atoms with Crippen molar-refractivity contribution in [2.24, 2.45) is 0 Å². The van der Waals surface area contributed by atoms with E-state index < -0.39 is 0 Å². The zero-order valence-corrected chi connectivity index (χ0v) is 10.3. The Balaban J connectivity index is 1.61. The molecule has 0 aromatic heterocycles. The molecule has 1 heterocycles. The molecule has 1 aromatic carbocycles. The van der Waals surface area contributed by atoms with Gasteiger partial charge >= 0.3 is 0 Å². The van der Waals surface area contributed by atoms with Crippen LogP contribution in [-0.4, -0.2) is 12.1 Å². The van der Waals surface area contributed by atoms with E-state index >= 15 is 0 Å². The third kappa shape index (κ3) is 3.64. The molecular weight excluding hydrogens is 194 g/mol. The van der Waals surface area contributed by atoms with Gasteiger partial charge in [0.15, 0.2) is 0 Å². The first-order valence-corrected chi connectivity index (χ1v) is 6.70. The first-order chi connectivity index (χ1) is 7.90. The zero-order chi connectivity index (χ0) is 11.2. The second-order valence-corrected chi connectivity index (χ2v) is 4.92. The van der Waals surface area contributed by atoms with Crippen LogP contribution in [0.4, 0.5) is 0 Å². The molecule has 1 aromatic rings. The summed E-state index contributed by atoms with van der Waals surface area (Å²) in [5.74, 6) is 0. The Hall–Kier alpha value is -0.820. The summed E-state index contributed by atoms with van der Waals surface area (Å²) in [6.07, 6.45) is 8.13. The first kappa shape index (κ1) is 11.7. The third-order valence-corrected chi connectivity index (χ3v) is 3.47. The maximum atomic E-state index is 3.59. The number of hydrogen-bond acceptors (Lipinski definition) is 1. The second kappa shape index (κ2) is 6.05. The number of nitrogens with one attached hydrogen (secondary N) is 1. The van der Waals surface area contributed by atoms with Gasteiger partial charge in [0, 0.05) is 12.1 Å². The monoisotopic (exact) mass is 217 g/mol. The smallest absolute Gasteiger partial charge is 0.0264 e. The summed E-state index contributed by atoms with van der Waals surface area (Å²) < 4.78 is 0. The predicted octanol–water partition coefficient (Wildman–Crippen LogP) is 3.54. The average molecular weight is 217 g/mol. The van der Waals surface area contributed by atoms with Gasteiger partial charge in [0.05, 0.1) is 0 Å².